The maximum absolute atomic E-state index is 12.2. The highest BCUT2D eigenvalue weighted by Gasteiger charge is 2.14. The summed E-state index contributed by atoms with van der Waals surface area (Å²) >= 11 is 5.90. The van der Waals surface area contributed by atoms with Crippen molar-refractivity contribution < 1.29 is 4.79 Å². The first kappa shape index (κ1) is 11.6. The number of nitrogens with zero attached hydrogens (tertiary/aromatic N) is 1. The Bertz CT molecular complexity index is 540. The Morgan fingerprint density at radius 3 is 2.76 bits per heavy atom. The lowest BCUT2D eigenvalue weighted by molar-refractivity contribution is 0.103. The van der Waals surface area contributed by atoms with Gasteiger partial charge in [0.15, 0.2) is 0 Å². The highest BCUT2D eigenvalue weighted by Crippen LogP contribution is 2.22. The molecule has 1 N–H and O–H groups in total. The molecule has 2 rings (SSSR count). The third-order valence-electron chi connectivity index (χ3n) is 2.39. The molecule has 0 saturated carbocycles. The first-order chi connectivity index (χ1) is 8.22. The molecule has 0 spiro atoms. The molecule has 1 aromatic carbocycles. The van der Waals surface area contributed by atoms with Crippen LogP contribution in [0.25, 0.3) is 0 Å². The molecule has 0 aliphatic heterocycles. The monoisotopic (exact) mass is 246 g/mol. The summed E-state index contributed by atoms with van der Waals surface area (Å²) in [6.07, 6.45) is 1.59. The average Bonchev–Trinajstić information content (AvgIpc) is 2.39. The van der Waals surface area contributed by atoms with Crippen LogP contribution in [0.2, 0.25) is 5.02 Å². The predicted molar refractivity (Wildman–Crippen MR) is 68.7 cm³/mol. The number of nitrogens with one attached hydrogen (secondary N) is 1. The van der Waals surface area contributed by atoms with Crippen LogP contribution >= 0.6 is 11.6 Å². The van der Waals surface area contributed by atoms with Crippen molar-refractivity contribution in [3.8, 4) is 0 Å². The molecule has 1 aromatic heterocycles. The van der Waals surface area contributed by atoms with Gasteiger partial charge >= 0.3 is 0 Å². The van der Waals surface area contributed by atoms with Gasteiger partial charge < -0.3 is 5.32 Å². The van der Waals surface area contributed by atoms with Crippen LogP contribution in [0.15, 0.2) is 42.6 Å². The Kier molecular flexibility index (Phi) is 3.40. The number of anilines is 1. The molecule has 17 heavy (non-hydrogen) atoms. The number of halogens is 1. The lowest BCUT2D eigenvalue weighted by atomic mass is 10.1. The van der Waals surface area contributed by atoms with E-state index in [1.807, 2.05) is 0 Å². The molecule has 0 unspecified atom stereocenters. The Morgan fingerprint density at radius 2 is 2.12 bits per heavy atom. The maximum Gasteiger partial charge on any atom is 0.213 e. The normalized spacial score (nSPS) is 10.0. The van der Waals surface area contributed by atoms with E-state index in [1.165, 1.54) is 0 Å². The van der Waals surface area contributed by atoms with Crippen LogP contribution in [0.5, 0.6) is 0 Å². The number of benzene rings is 1. The predicted octanol–water partition coefficient (Wildman–Crippen LogP) is 3.01. The van der Waals surface area contributed by atoms with Gasteiger partial charge in [-0.3, -0.25) is 9.78 Å². The van der Waals surface area contributed by atoms with E-state index in [9.17, 15) is 4.79 Å². The van der Waals surface area contributed by atoms with Crippen molar-refractivity contribution in [2.45, 2.75) is 0 Å². The van der Waals surface area contributed by atoms with Gasteiger partial charge in [-0.1, -0.05) is 17.7 Å². The van der Waals surface area contributed by atoms with Gasteiger partial charge in [-0.15, -0.1) is 0 Å². The molecule has 3 nitrogen and oxygen atoms in total. The third kappa shape index (κ3) is 2.45. The van der Waals surface area contributed by atoms with Crippen molar-refractivity contribution in [2.24, 2.45) is 0 Å². The second-order valence-electron chi connectivity index (χ2n) is 3.48. The van der Waals surface area contributed by atoms with Crippen molar-refractivity contribution in [2.75, 3.05) is 12.4 Å². The van der Waals surface area contributed by atoms with Gasteiger partial charge in [0.2, 0.25) is 5.78 Å². The van der Waals surface area contributed by atoms with E-state index in [4.69, 9.17) is 11.6 Å². The van der Waals surface area contributed by atoms with Gasteiger partial charge in [0.05, 0.1) is 0 Å². The fraction of sp³-hybridized carbons (Fsp3) is 0.0769. The quantitative estimate of drug-likeness (QED) is 0.847. The number of pyridine rings is 1. The van der Waals surface area contributed by atoms with Crippen LogP contribution in [0.4, 0.5) is 5.69 Å². The lowest BCUT2D eigenvalue weighted by Gasteiger charge is -2.08. The zero-order valence-corrected chi connectivity index (χ0v) is 10.0. The topological polar surface area (TPSA) is 42.0 Å². The number of hydrogen-bond donors (Lipinski definition) is 1. The summed E-state index contributed by atoms with van der Waals surface area (Å²) in [7, 11) is 1.76. The number of ketones is 1. The molecule has 0 fully saturated rings. The average molecular weight is 247 g/mol. The fourth-order valence-electron chi connectivity index (χ4n) is 1.56. The smallest absolute Gasteiger partial charge is 0.213 e. The van der Waals surface area contributed by atoms with Gasteiger partial charge in [0.1, 0.15) is 5.69 Å². The number of aromatic nitrogens is 1. The first-order valence-electron chi connectivity index (χ1n) is 5.15. The van der Waals surface area contributed by atoms with Gasteiger partial charge in [0, 0.05) is 29.5 Å². The number of carbonyl (C=O) groups is 1. The van der Waals surface area contributed by atoms with Gasteiger partial charge in [-0.25, -0.2) is 0 Å². The summed E-state index contributed by atoms with van der Waals surface area (Å²) in [5.41, 5.74) is 1.68. The van der Waals surface area contributed by atoms with Crippen molar-refractivity contribution in [1.29, 1.82) is 0 Å². The molecule has 0 bridgehead atoms. The second-order valence-corrected chi connectivity index (χ2v) is 3.92. The molecule has 86 valence electrons. The zero-order chi connectivity index (χ0) is 12.3. The maximum atomic E-state index is 12.2. The van der Waals surface area contributed by atoms with Crippen LogP contribution in [-0.2, 0) is 0 Å². The Labute approximate surface area is 104 Å². The molecule has 0 aliphatic carbocycles. The van der Waals surface area contributed by atoms with E-state index < -0.39 is 0 Å². The largest absolute Gasteiger partial charge is 0.388 e. The van der Waals surface area contributed by atoms with E-state index in [1.54, 1.807) is 49.6 Å². The molecule has 2 aromatic rings. The second kappa shape index (κ2) is 4.97. The Balaban J connectivity index is 2.47. The number of carbonyl (C=O) groups excluding carboxylic acids is 1. The first-order valence-corrected chi connectivity index (χ1v) is 5.53. The Hall–Kier alpha value is -1.87. The minimum Gasteiger partial charge on any atom is -0.388 e. The standard InChI is InChI=1S/C13H11ClN2O/c1-15-11-6-5-9(14)8-10(11)13(17)12-4-2-3-7-16-12/h2-8,15H,1H3. The van der Waals surface area contributed by atoms with Crippen LogP contribution < -0.4 is 5.32 Å². The van der Waals surface area contributed by atoms with Crippen molar-refractivity contribution >= 4 is 23.1 Å². The molecule has 0 aliphatic rings. The van der Waals surface area contributed by atoms with Crippen LogP contribution in [-0.4, -0.2) is 17.8 Å². The van der Waals surface area contributed by atoms with Gasteiger partial charge in [-0.2, -0.15) is 0 Å². The summed E-state index contributed by atoms with van der Waals surface area (Å²) in [6, 6.07) is 10.4. The van der Waals surface area contributed by atoms with Crippen molar-refractivity contribution in [3.63, 3.8) is 0 Å². The SMILES string of the molecule is CNc1ccc(Cl)cc1C(=O)c1ccccn1. The lowest BCUT2D eigenvalue weighted by Crippen LogP contribution is -2.07. The number of hydrogen-bond acceptors (Lipinski definition) is 3. The van der Waals surface area contributed by atoms with E-state index >= 15 is 0 Å². The van der Waals surface area contributed by atoms with Gasteiger partial charge in [0.25, 0.3) is 0 Å². The Morgan fingerprint density at radius 1 is 1.29 bits per heavy atom. The zero-order valence-electron chi connectivity index (χ0n) is 9.27. The van der Waals surface area contributed by atoms with Crippen LogP contribution in [0, 0.1) is 0 Å². The van der Waals surface area contributed by atoms with Crippen LogP contribution in [0.3, 0.4) is 0 Å². The molecule has 0 radical (unpaired) electrons. The highest BCUT2D eigenvalue weighted by molar-refractivity contribution is 6.31. The van der Waals surface area contributed by atoms with Crippen LogP contribution in [0.1, 0.15) is 16.1 Å². The highest BCUT2D eigenvalue weighted by atomic mass is 35.5. The van der Waals surface area contributed by atoms with E-state index in [-0.39, 0.29) is 5.78 Å². The summed E-state index contributed by atoms with van der Waals surface area (Å²) in [5.74, 6) is -0.141. The van der Waals surface area contributed by atoms with E-state index in [2.05, 4.69) is 10.3 Å². The van der Waals surface area contributed by atoms with Gasteiger partial charge in [-0.05, 0) is 30.3 Å². The minimum atomic E-state index is -0.141. The number of rotatable bonds is 3. The summed E-state index contributed by atoms with van der Waals surface area (Å²) < 4.78 is 0. The van der Waals surface area contributed by atoms with E-state index in [0.717, 1.165) is 5.69 Å². The summed E-state index contributed by atoms with van der Waals surface area (Å²) in [4.78, 5) is 16.3. The molecule has 0 amide bonds. The molecule has 0 atom stereocenters. The molecule has 0 saturated heterocycles. The third-order valence-corrected chi connectivity index (χ3v) is 2.63. The summed E-state index contributed by atoms with van der Waals surface area (Å²) in [5, 5.41) is 3.50. The van der Waals surface area contributed by atoms with E-state index in [0.29, 0.717) is 16.3 Å². The summed E-state index contributed by atoms with van der Waals surface area (Å²) in [6.45, 7) is 0. The van der Waals surface area contributed by atoms with Crippen molar-refractivity contribution in [3.05, 3.63) is 58.9 Å². The minimum absolute atomic E-state index is 0.141. The molecular formula is C13H11ClN2O. The molecule has 1 heterocycles. The molecule has 4 heteroatoms. The van der Waals surface area contributed by atoms with Crippen molar-refractivity contribution in [1.82, 2.24) is 4.98 Å². The fourth-order valence-corrected chi connectivity index (χ4v) is 1.73. The molecular weight excluding hydrogens is 236 g/mol.